The Hall–Kier alpha value is -1.35. The van der Waals surface area contributed by atoms with E-state index in [9.17, 15) is 9.90 Å². The summed E-state index contributed by atoms with van der Waals surface area (Å²) < 4.78 is 5.36. The molecule has 3 nitrogen and oxygen atoms in total. The molecule has 2 rings (SSSR count). The fourth-order valence-corrected chi connectivity index (χ4v) is 1.78. The Kier molecular flexibility index (Phi) is 2.97. The van der Waals surface area contributed by atoms with Crippen LogP contribution < -0.4 is 4.74 Å². The zero-order valence-corrected chi connectivity index (χ0v) is 9.40. The molecule has 0 spiro atoms. The summed E-state index contributed by atoms with van der Waals surface area (Å²) in [5, 5.41) is 9.78. The van der Waals surface area contributed by atoms with Gasteiger partial charge in [-0.2, -0.15) is 0 Å². The fraction of sp³-hybridized carbons (Fsp3) is 0.462. The second kappa shape index (κ2) is 4.26. The minimum absolute atomic E-state index is 0.0417. The molecule has 0 heterocycles. The molecule has 0 radical (unpaired) electrons. The molecule has 0 aliphatic heterocycles. The lowest BCUT2D eigenvalue weighted by atomic mass is 9.77. The topological polar surface area (TPSA) is 46.5 Å². The molecular weight excluding hydrogens is 204 g/mol. The van der Waals surface area contributed by atoms with Crippen LogP contribution in [0.4, 0.5) is 0 Å². The van der Waals surface area contributed by atoms with Gasteiger partial charge in [0.2, 0.25) is 5.78 Å². The molecular formula is C13H16O3. The number of Topliss-reactive ketones (excluding diaryl/α,β-unsaturated/α-hetero) is 1. The van der Waals surface area contributed by atoms with Crippen LogP contribution in [0.1, 0.15) is 24.8 Å². The van der Waals surface area contributed by atoms with Gasteiger partial charge >= 0.3 is 0 Å². The maximum absolute atomic E-state index is 11.6. The Morgan fingerprint density at radius 1 is 1.50 bits per heavy atom. The predicted octanol–water partition coefficient (Wildman–Crippen LogP) is 1.86. The van der Waals surface area contributed by atoms with Crippen molar-refractivity contribution in [3.05, 3.63) is 29.8 Å². The molecule has 1 aliphatic rings. The minimum Gasteiger partial charge on any atom is -0.486 e. The highest BCUT2D eigenvalue weighted by molar-refractivity contribution is 5.89. The van der Waals surface area contributed by atoms with Crippen molar-refractivity contribution in [3.8, 4) is 5.75 Å². The minimum atomic E-state index is -1.11. The van der Waals surface area contributed by atoms with Crippen molar-refractivity contribution in [2.45, 2.75) is 31.8 Å². The van der Waals surface area contributed by atoms with Crippen LogP contribution in [0.2, 0.25) is 0 Å². The van der Waals surface area contributed by atoms with Crippen LogP contribution in [0, 0.1) is 6.92 Å². The number of carbonyl (C=O) groups is 1. The van der Waals surface area contributed by atoms with Crippen LogP contribution >= 0.6 is 0 Å². The van der Waals surface area contributed by atoms with Crippen molar-refractivity contribution in [2.75, 3.05) is 6.61 Å². The van der Waals surface area contributed by atoms with Gasteiger partial charge in [0.25, 0.3) is 0 Å². The molecule has 0 unspecified atom stereocenters. The van der Waals surface area contributed by atoms with Gasteiger partial charge in [0.15, 0.2) is 0 Å². The monoisotopic (exact) mass is 220 g/mol. The lowest BCUT2D eigenvalue weighted by Crippen LogP contribution is -2.47. The van der Waals surface area contributed by atoms with Crippen LogP contribution in [0.3, 0.4) is 0 Å². The van der Waals surface area contributed by atoms with Gasteiger partial charge in [-0.15, -0.1) is 0 Å². The van der Waals surface area contributed by atoms with Crippen molar-refractivity contribution in [2.24, 2.45) is 0 Å². The number of ether oxygens (including phenoxy) is 1. The molecule has 1 aromatic rings. The molecule has 16 heavy (non-hydrogen) atoms. The third-order valence-electron chi connectivity index (χ3n) is 3.06. The molecule has 1 saturated carbocycles. The van der Waals surface area contributed by atoms with Gasteiger partial charge in [-0.1, -0.05) is 12.1 Å². The molecule has 3 heteroatoms. The predicted molar refractivity (Wildman–Crippen MR) is 60.5 cm³/mol. The molecule has 0 saturated heterocycles. The zero-order chi connectivity index (χ0) is 11.6. The van der Waals surface area contributed by atoms with Gasteiger partial charge in [0, 0.05) is 0 Å². The standard InChI is InChI=1S/C13H16O3/c1-10-4-2-5-11(8-10)16-9-12(14)13(15)6-3-7-13/h2,4-5,8,15H,3,6-7,9H2,1H3. The van der Waals surface area contributed by atoms with Gasteiger partial charge in [-0.3, -0.25) is 4.79 Å². The van der Waals surface area contributed by atoms with Crippen molar-refractivity contribution in [3.63, 3.8) is 0 Å². The van der Waals surface area contributed by atoms with E-state index in [1.54, 1.807) is 0 Å². The molecule has 0 aromatic heterocycles. The van der Waals surface area contributed by atoms with E-state index in [0.29, 0.717) is 18.6 Å². The first-order chi connectivity index (χ1) is 7.60. The second-order valence-electron chi connectivity index (χ2n) is 4.41. The van der Waals surface area contributed by atoms with E-state index in [-0.39, 0.29) is 12.4 Å². The van der Waals surface area contributed by atoms with E-state index in [4.69, 9.17) is 4.74 Å². The normalized spacial score (nSPS) is 17.6. The van der Waals surface area contributed by atoms with Crippen molar-refractivity contribution < 1.29 is 14.6 Å². The highest BCUT2D eigenvalue weighted by Crippen LogP contribution is 2.32. The van der Waals surface area contributed by atoms with Crippen LogP contribution in [-0.2, 0) is 4.79 Å². The summed E-state index contributed by atoms with van der Waals surface area (Å²) in [7, 11) is 0. The van der Waals surface area contributed by atoms with Crippen LogP contribution in [-0.4, -0.2) is 23.1 Å². The highest BCUT2D eigenvalue weighted by atomic mass is 16.5. The van der Waals surface area contributed by atoms with Gasteiger partial charge in [0.05, 0.1) is 0 Å². The van der Waals surface area contributed by atoms with Crippen LogP contribution in [0.25, 0.3) is 0 Å². The maximum Gasteiger partial charge on any atom is 0.201 e. The summed E-state index contributed by atoms with van der Waals surface area (Å²) in [6.07, 6.45) is 2.07. The number of benzene rings is 1. The third-order valence-corrected chi connectivity index (χ3v) is 3.06. The molecule has 0 amide bonds. The number of carbonyl (C=O) groups excluding carboxylic acids is 1. The third kappa shape index (κ3) is 2.25. The highest BCUT2D eigenvalue weighted by Gasteiger charge is 2.41. The summed E-state index contributed by atoms with van der Waals surface area (Å²) in [5.74, 6) is 0.469. The average molecular weight is 220 g/mol. The molecule has 0 bridgehead atoms. The molecule has 1 fully saturated rings. The number of hydrogen-bond donors (Lipinski definition) is 1. The Labute approximate surface area is 95.0 Å². The number of rotatable bonds is 4. The molecule has 0 atom stereocenters. The summed E-state index contributed by atoms with van der Waals surface area (Å²) in [4.78, 5) is 11.6. The van der Waals surface area contributed by atoms with Gasteiger partial charge in [-0.25, -0.2) is 0 Å². The van der Waals surface area contributed by atoms with E-state index >= 15 is 0 Å². The first kappa shape index (κ1) is 11.1. The smallest absolute Gasteiger partial charge is 0.201 e. The summed E-state index contributed by atoms with van der Waals surface area (Å²) in [6.45, 7) is 1.92. The van der Waals surface area contributed by atoms with Crippen molar-refractivity contribution >= 4 is 5.78 Å². The maximum atomic E-state index is 11.6. The number of ketones is 1. The van der Waals surface area contributed by atoms with Crippen LogP contribution in [0.15, 0.2) is 24.3 Å². The molecule has 1 aromatic carbocycles. The average Bonchev–Trinajstić information content (AvgIpc) is 2.22. The van der Waals surface area contributed by atoms with E-state index < -0.39 is 5.60 Å². The van der Waals surface area contributed by atoms with Crippen molar-refractivity contribution in [1.82, 2.24) is 0 Å². The van der Waals surface area contributed by atoms with Crippen molar-refractivity contribution in [1.29, 1.82) is 0 Å². The first-order valence-corrected chi connectivity index (χ1v) is 5.55. The quantitative estimate of drug-likeness (QED) is 0.842. The van der Waals surface area contributed by atoms with E-state index in [1.165, 1.54) is 0 Å². The Balaban J connectivity index is 1.90. The largest absolute Gasteiger partial charge is 0.486 e. The summed E-state index contributed by atoms with van der Waals surface area (Å²) in [6, 6.07) is 7.53. The summed E-state index contributed by atoms with van der Waals surface area (Å²) >= 11 is 0. The lowest BCUT2D eigenvalue weighted by molar-refractivity contribution is -0.148. The SMILES string of the molecule is Cc1cccc(OCC(=O)C2(O)CCC2)c1. The van der Waals surface area contributed by atoms with E-state index in [2.05, 4.69) is 0 Å². The Bertz CT molecular complexity index is 394. The summed E-state index contributed by atoms with van der Waals surface area (Å²) in [5.41, 5.74) is -0.0172. The number of aliphatic hydroxyl groups is 1. The molecule has 1 aliphatic carbocycles. The molecule has 86 valence electrons. The Morgan fingerprint density at radius 3 is 2.81 bits per heavy atom. The number of aryl methyl sites for hydroxylation is 1. The molecule has 1 N–H and O–H groups in total. The second-order valence-corrected chi connectivity index (χ2v) is 4.41. The Morgan fingerprint density at radius 2 is 2.25 bits per heavy atom. The fourth-order valence-electron chi connectivity index (χ4n) is 1.78. The first-order valence-electron chi connectivity index (χ1n) is 5.55. The zero-order valence-electron chi connectivity index (χ0n) is 9.40. The van der Waals surface area contributed by atoms with Gasteiger partial charge in [-0.05, 0) is 43.9 Å². The van der Waals surface area contributed by atoms with Gasteiger partial charge < -0.3 is 9.84 Å². The van der Waals surface area contributed by atoms with Crippen LogP contribution in [0.5, 0.6) is 5.75 Å². The number of hydrogen-bond acceptors (Lipinski definition) is 3. The van der Waals surface area contributed by atoms with E-state index in [1.807, 2.05) is 31.2 Å². The lowest BCUT2D eigenvalue weighted by Gasteiger charge is -2.34. The van der Waals surface area contributed by atoms with Gasteiger partial charge in [0.1, 0.15) is 18.0 Å². The van der Waals surface area contributed by atoms with E-state index in [0.717, 1.165) is 12.0 Å².